The summed E-state index contributed by atoms with van der Waals surface area (Å²) in [5, 5.41) is 65.9. The van der Waals surface area contributed by atoms with Gasteiger partial charge in [0.1, 0.15) is 0 Å². The van der Waals surface area contributed by atoms with Gasteiger partial charge in [0.25, 0.3) is 0 Å². The van der Waals surface area contributed by atoms with Crippen LogP contribution in [0, 0.1) is 11.8 Å². The van der Waals surface area contributed by atoms with Crippen LogP contribution in [0.3, 0.4) is 0 Å². The molecule has 0 unspecified atom stereocenters. The molecule has 0 aliphatic heterocycles. The van der Waals surface area contributed by atoms with Crippen LogP contribution < -0.4 is 0 Å². The van der Waals surface area contributed by atoms with Crippen molar-refractivity contribution in [2.24, 2.45) is 11.8 Å². The SMILES string of the molecule is C=C(C)C(=O)O.C=C(C)C(=O)O.C=C(C)C(=O)O.C=C(C)C(=O)O.OCC(CO)C(CO)CO. The number of carbonyl (C=O) groups is 4. The molecule has 0 radical (unpaired) electrons. The van der Waals surface area contributed by atoms with Gasteiger partial charge in [-0.25, -0.2) is 19.2 Å². The van der Waals surface area contributed by atoms with Gasteiger partial charge in [0.2, 0.25) is 0 Å². The number of aliphatic carboxylic acids is 4. The van der Waals surface area contributed by atoms with Gasteiger partial charge in [-0.15, -0.1) is 0 Å². The second-order valence-corrected chi connectivity index (χ2v) is 6.59. The van der Waals surface area contributed by atoms with E-state index in [1.54, 1.807) is 0 Å². The van der Waals surface area contributed by atoms with Crippen molar-refractivity contribution in [1.29, 1.82) is 0 Å². The third kappa shape index (κ3) is 36.1. The minimum absolute atomic E-state index is 0.176. The van der Waals surface area contributed by atoms with Gasteiger partial charge in [-0.1, -0.05) is 26.3 Å². The number of aliphatic hydroxyl groups is 4. The molecule has 12 nitrogen and oxygen atoms in total. The van der Waals surface area contributed by atoms with Crippen molar-refractivity contribution < 1.29 is 60.0 Å². The molecule has 8 N–H and O–H groups in total. The maximum Gasteiger partial charge on any atom is 0.330 e. The highest BCUT2D eigenvalue weighted by molar-refractivity contribution is 5.85. The molecule has 0 fully saturated rings. The number of rotatable bonds is 9. The minimum Gasteiger partial charge on any atom is -0.478 e. The van der Waals surface area contributed by atoms with Crippen molar-refractivity contribution in [2.75, 3.05) is 26.4 Å². The Bertz CT molecular complexity index is 517. The summed E-state index contributed by atoms with van der Waals surface area (Å²) in [7, 11) is 0. The lowest BCUT2D eigenvalue weighted by Crippen LogP contribution is -2.27. The maximum absolute atomic E-state index is 9.60. The fraction of sp³-hybridized carbons (Fsp3) is 0.455. The molecule has 0 aromatic heterocycles. The zero-order valence-corrected chi connectivity index (χ0v) is 20.0. The molecule has 0 saturated carbocycles. The van der Waals surface area contributed by atoms with Crippen molar-refractivity contribution in [3.05, 3.63) is 48.6 Å². The van der Waals surface area contributed by atoms with Crippen molar-refractivity contribution >= 4 is 23.9 Å². The van der Waals surface area contributed by atoms with Gasteiger partial charge >= 0.3 is 23.9 Å². The monoisotopic (exact) mass is 494 g/mol. The molecule has 0 aromatic carbocycles. The van der Waals surface area contributed by atoms with Gasteiger partial charge in [0.05, 0.1) is 0 Å². The second-order valence-electron chi connectivity index (χ2n) is 6.59. The van der Waals surface area contributed by atoms with Gasteiger partial charge in [-0.05, 0) is 27.7 Å². The van der Waals surface area contributed by atoms with E-state index in [2.05, 4.69) is 26.3 Å². The Kier molecular flexibility index (Phi) is 31.3. The first kappa shape index (κ1) is 41.0. The summed E-state index contributed by atoms with van der Waals surface area (Å²) in [5.41, 5.74) is 0.704. The molecule has 0 aliphatic rings. The molecular weight excluding hydrogens is 456 g/mol. The van der Waals surface area contributed by atoms with Crippen LogP contribution in [0.25, 0.3) is 0 Å². The predicted molar refractivity (Wildman–Crippen MR) is 125 cm³/mol. The quantitative estimate of drug-likeness (QED) is 0.208. The topological polar surface area (TPSA) is 230 Å². The molecule has 0 atom stereocenters. The second kappa shape index (κ2) is 25.9. The average Bonchev–Trinajstić information content (AvgIpc) is 2.73. The lowest BCUT2D eigenvalue weighted by molar-refractivity contribution is -0.133. The van der Waals surface area contributed by atoms with Crippen LogP contribution in [0.15, 0.2) is 48.6 Å². The van der Waals surface area contributed by atoms with Gasteiger partial charge in [0.15, 0.2) is 0 Å². The Labute approximate surface area is 199 Å². The molecular formula is C22H38O12. The first-order valence-corrected chi connectivity index (χ1v) is 9.36. The van der Waals surface area contributed by atoms with E-state index in [0.29, 0.717) is 0 Å². The summed E-state index contributed by atoms with van der Waals surface area (Å²) in [6.07, 6.45) is 0. The summed E-state index contributed by atoms with van der Waals surface area (Å²) in [6, 6.07) is 0. The van der Waals surface area contributed by atoms with Crippen molar-refractivity contribution in [3.8, 4) is 0 Å². The highest BCUT2D eigenvalue weighted by Gasteiger charge is 2.17. The van der Waals surface area contributed by atoms with E-state index in [-0.39, 0.29) is 48.7 Å². The highest BCUT2D eigenvalue weighted by atomic mass is 16.4. The lowest BCUT2D eigenvalue weighted by Gasteiger charge is -2.18. The minimum atomic E-state index is -0.935. The normalized spacial score (nSPS) is 8.65. The summed E-state index contributed by atoms with van der Waals surface area (Å²) in [6.45, 7) is 17.6. The largest absolute Gasteiger partial charge is 0.478 e. The number of aliphatic hydroxyl groups excluding tert-OH is 4. The van der Waals surface area contributed by atoms with E-state index in [4.69, 9.17) is 40.9 Å². The maximum atomic E-state index is 9.60. The van der Waals surface area contributed by atoms with Gasteiger partial charge in [-0.2, -0.15) is 0 Å². The Morgan fingerprint density at radius 1 is 0.471 bits per heavy atom. The smallest absolute Gasteiger partial charge is 0.330 e. The fourth-order valence-electron chi connectivity index (χ4n) is 0.712. The van der Waals surface area contributed by atoms with E-state index < -0.39 is 35.7 Å². The standard InChI is InChI=1S/C6H14O4.4C4H6O2/c7-1-5(2-8)6(3-9)4-10;4*1-3(2)4(5)6/h5-10H,1-4H2;4*1H2,2H3,(H,5,6). The zero-order chi connectivity index (χ0) is 28.6. The fourth-order valence-corrected chi connectivity index (χ4v) is 0.712. The lowest BCUT2D eigenvalue weighted by atomic mass is 9.95. The van der Waals surface area contributed by atoms with Crippen molar-refractivity contribution in [1.82, 2.24) is 0 Å². The summed E-state index contributed by atoms with van der Waals surface area (Å²) in [5.74, 6) is -4.56. The van der Waals surface area contributed by atoms with Crippen LogP contribution in [0.4, 0.5) is 0 Å². The number of hydrogen-bond acceptors (Lipinski definition) is 8. The number of carboxylic acid groups (broad SMARTS) is 4. The molecule has 12 heteroatoms. The van der Waals surface area contributed by atoms with E-state index in [1.165, 1.54) is 27.7 Å². The van der Waals surface area contributed by atoms with Gasteiger partial charge < -0.3 is 40.9 Å². The summed E-state index contributed by atoms with van der Waals surface area (Å²) in [4.78, 5) is 38.4. The Balaban J connectivity index is -0.000000105. The Morgan fingerprint density at radius 3 is 0.588 bits per heavy atom. The molecule has 34 heavy (non-hydrogen) atoms. The van der Waals surface area contributed by atoms with E-state index >= 15 is 0 Å². The number of hydrogen-bond donors (Lipinski definition) is 8. The van der Waals surface area contributed by atoms with Crippen LogP contribution in [-0.2, 0) is 19.2 Å². The molecule has 0 aliphatic carbocycles. The predicted octanol–water partition coefficient (Wildman–Crippen LogP) is 0.776. The van der Waals surface area contributed by atoms with E-state index in [9.17, 15) is 19.2 Å². The summed E-state index contributed by atoms with van der Waals surface area (Å²) >= 11 is 0. The van der Waals surface area contributed by atoms with Gasteiger partial charge in [0, 0.05) is 60.6 Å². The first-order valence-electron chi connectivity index (χ1n) is 9.36. The Hall–Kier alpha value is -3.32. The molecule has 0 spiro atoms. The third-order valence-corrected chi connectivity index (χ3v) is 3.07. The van der Waals surface area contributed by atoms with Crippen LogP contribution in [0.1, 0.15) is 27.7 Å². The van der Waals surface area contributed by atoms with Crippen LogP contribution >= 0.6 is 0 Å². The number of carboxylic acids is 4. The molecule has 0 bridgehead atoms. The first-order chi connectivity index (χ1) is 15.4. The molecule has 0 amide bonds. The van der Waals surface area contributed by atoms with Crippen molar-refractivity contribution in [3.63, 3.8) is 0 Å². The van der Waals surface area contributed by atoms with Crippen molar-refractivity contribution in [2.45, 2.75) is 27.7 Å². The Morgan fingerprint density at radius 2 is 0.559 bits per heavy atom. The molecule has 0 saturated heterocycles. The van der Waals surface area contributed by atoms with Crippen LogP contribution in [-0.4, -0.2) is 91.2 Å². The zero-order valence-electron chi connectivity index (χ0n) is 20.0. The molecule has 0 aromatic rings. The molecule has 0 heterocycles. The van der Waals surface area contributed by atoms with Gasteiger partial charge in [-0.3, -0.25) is 0 Å². The molecule has 198 valence electrons. The van der Waals surface area contributed by atoms with Crippen LogP contribution in [0.2, 0.25) is 0 Å². The average molecular weight is 495 g/mol. The molecule has 0 rings (SSSR count). The van der Waals surface area contributed by atoms with Crippen LogP contribution in [0.5, 0.6) is 0 Å². The summed E-state index contributed by atoms with van der Waals surface area (Å²) < 4.78 is 0. The highest BCUT2D eigenvalue weighted by Crippen LogP contribution is 2.08. The van der Waals surface area contributed by atoms with E-state index in [1.807, 2.05) is 0 Å². The third-order valence-electron chi connectivity index (χ3n) is 3.07. The van der Waals surface area contributed by atoms with E-state index in [0.717, 1.165) is 0 Å².